The van der Waals surface area contributed by atoms with E-state index in [4.69, 9.17) is 4.74 Å². The average Bonchev–Trinajstić information content (AvgIpc) is 2.64. The Kier molecular flexibility index (Phi) is 10.7. The van der Waals surface area contributed by atoms with Crippen molar-refractivity contribution in [3.05, 3.63) is 35.4 Å². The lowest BCUT2D eigenvalue weighted by Gasteiger charge is -2.27. The van der Waals surface area contributed by atoms with Crippen molar-refractivity contribution >= 4 is 35.8 Å². The summed E-state index contributed by atoms with van der Waals surface area (Å²) in [6.07, 6.45) is 3.63. The van der Waals surface area contributed by atoms with E-state index in [1.54, 1.807) is 19.0 Å². The maximum absolute atomic E-state index is 11.9. The number of ether oxygens (including phenoxy) is 1. The van der Waals surface area contributed by atoms with Crippen molar-refractivity contribution in [3.63, 3.8) is 0 Å². The Hall–Kier alpha value is -1.35. The number of amides is 1. The highest BCUT2D eigenvalue weighted by atomic mass is 127. The van der Waals surface area contributed by atoms with E-state index in [0.717, 1.165) is 32.0 Å². The molecule has 1 fully saturated rings. The molecule has 1 aliphatic rings. The van der Waals surface area contributed by atoms with Crippen molar-refractivity contribution in [1.82, 2.24) is 15.1 Å². The number of aryl methyl sites for hydroxylation is 1. The Bertz CT molecular complexity index is 599. The molecule has 6 nitrogen and oxygen atoms in total. The number of nitrogens with zero attached hydrogens (tertiary/aromatic N) is 3. The molecule has 0 saturated carbocycles. The van der Waals surface area contributed by atoms with Gasteiger partial charge in [0.05, 0.1) is 6.10 Å². The number of aliphatic imine (C=N–C) groups is 1. The molecule has 1 atom stereocenters. The second-order valence-corrected chi connectivity index (χ2v) is 7.14. The van der Waals surface area contributed by atoms with Crippen molar-refractivity contribution in [3.8, 4) is 0 Å². The maximum atomic E-state index is 11.9. The lowest BCUT2D eigenvalue weighted by atomic mass is 10.1. The van der Waals surface area contributed by atoms with Gasteiger partial charge in [-0.15, -0.1) is 24.0 Å². The first-order valence-corrected chi connectivity index (χ1v) is 9.32. The minimum atomic E-state index is -0.0121. The Morgan fingerprint density at radius 3 is 2.52 bits per heavy atom. The van der Waals surface area contributed by atoms with Crippen LogP contribution in [0.3, 0.4) is 0 Å². The number of likely N-dealkylation sites (N-methyl/N-ethyl adjacent to an activating group) is 1. The van der Waals surface area contributed by atoms with Gasteiger partial charge in [-0.05, 0) is 31.7 Å². The van der Waals surface area contributed by atoms with Crippen LogP contribution in [0.1, 0.15) is 30.4 Å². The van der Waals surface area contributed by atoms with Gasteiger partial charge >= 0.3 is 0 Å². The fourth-order valence-corrected chi connectivity index (χ4v) is 2.81. The molecule has 1 aliphatic heterocycles. The second-order valence-electron chi connectivity index (χ2n) is 7.14. The highest BCUT2D eigenvalue weighted by Crippen LogP contribution is 2.12. The molecule has 1 amide bonds. The van der Waals surface area contributed by atoms with E-state index >= 15 is 0 Å². The summed E-state index contributed by atoms with van der Waals surface area (Å²) in [4.78, 5) is 20.1. The van der Waals surface area contributed by atoms with Gasteiger partial charge in [-0.2, -0.15) is 0 Å². The second kappa shape index (κ2) is 12.2. The Balaban J connectivity index is 0.00000364. The normalized spacial score (nSPS) is 17.0. The number of benzene rings is 1. The van der Waals surface area contributed by atoms with Crippen molar-refractivity contribution in [2.24, 2.45) is 4.99 Å². The number of carbonyl (C=O) groups is 1. The van der Waals surface area contributed by atoms with Gasteiger partial charge in [0.2, 0.25) is 5.91 Å². The molecule has 27 heavy (non-hydrogen) atoms. The monoisotopic (exact) mass is 488 g/mol. The third-order valence-corrected chi connectivity index (χ3v) is 4.53. The lowest BCUT2D eigenvalue weighted by molar-refractivity contribution is -0.127. The summed E-state index contributed by atoms with van der Waals surface area (Å²) < 4.78 is 5.79. The predicted molar refractivity (Wildman–Crippen MR) is 121 cm³/mol. The van der Waals surface area contributed by atoms with Crippen molar-refractivity contribution in [2.45, 2.75) is 38.8 Å². The third kappa shape index (κ3) is 8.47. The topological polar surface area (TPSA) is 57.2 Å². The largest absolute Gasteiger partial charge is 0.376 e. The van der Waals surface area contributed by atoms with Gasteiger partial charge in [-0.1, -0.05) is 29.8 Å². The van der Waals surface area contributed by atoms with Crippen LogP contribution in [-0.4, -0.2) is 68.6 Å². The summed E-state index contributed by atoms with van der Waals surface area (Å²) in [5.41, 5.74) is 2.45. The third-order valence-electron chi connectivity index (χ3n) is 4.53. The average molecular weight is 488 g/mol. The molecule has 0 spiro atoms. The molecule has 0 radical (unpaired) electrons. The summed E-state index contributed by atoms with van der Waals surface area (Å²) in [6.45, 7) is 4.50. The molecule has 7 heteroatoms. The van der Waals surface area contributed by atoms with Crippen molar-refractivity contribution < 1.29 is 9.53 Å². The van der Waals surface area contributed by atoms with Crippen LogP contribution in [0, 0.1) is 6.92 Å². The van der Waals surface area contributed by atoms with Crippen LogP contribution in [0.2, 0.25) is 0 Å². The van der Waals surface area contributed by atoms with E-state index in [2.05, 4.69) is 46.4 Å². The number of hydrogen-bond donors (Lipinski definition) is 1. The van der Waals surface area contributed by atoms with E-state index in [9.17, 15) is 4.79 Å². The van der Waals surface area contributed by atoms with E-state index in [1.165, 1.54) is 17.5 Å². The van der Waals surface area contributed by atoms with E-state index in [0.29, 0.717) is 6.54 Å². The van der Waals surface area contributed by atoms with E-state index in [1.807, 2.05) is 7.05 Å². The number of guanidine groups is 1. The minimum absolute atomic E-state index is 0. The summed E-state index contributed by atoms with van der Waals surface area (Å²) in [7, 11) is 5.49. The molecule has 152 valence electrons. The number of hydrogen-bond acceptors (Lipinski definition) is 3. The predicted octanol–water partition coefficient (Wildman–Crippen LogP) is 2.65. The maximum Gasteiger partial charge on any atom is 0.243 e. The Labute approximate surface area is 180 Å². The van der Waals surface area contributed by atoms with Gasteiger partial charge < -0.3 is 19.9 Å². The van der Waals surface area contributed by atoms with E-state index in [-0.39, 0.29) is 42.5 Å². The fraction of sp³-hybridized carbons (Fsp3) is 0.600. The summed E-state index contributed by atoms with van der Waals surface area (Å²) >= 11 is 0. The standard InChI is InChI=1S/C20H32N4O2.HI/c1-16-8-10-17(11-9-16)15-24(4)20(22-14-19(25)23(2)3)21-13-18-7-5-6-12-26-18;/h8-11,18H,5-7,12-15H2,1-4H3,(H,21,22);1H. The zero-order valence-corrected chi connectivity index (χ0v) is 19.2. The summed E-state index contributed by atoms with van der Waals surface area (Å²) in [5.74, 6) is 0.719. The lowest BCUT2D eigenvalue weighted by Crippen LogP contribution is -2.43. The smallest absolute Gasteiger partial charge is 0.243 e. The molecule has 1 unspecified atom stereocenters. The van der Waals surface area contributed by atoms with Crippen LogP contribution in [0.4, 0.5) is 0 Å². The van der Waals surface area contributed by atoms with Crippen molar-refractivity contribution in [1.29, 1.82) is 0 Å². The van der Waals surface area contributed by atoms with Crippen LogP contribution in [-0.2, 0) is 16.1 Å². The zero-order valence-electron chi connectivity index (χ0n) is 16.9. The van der Waals surface area contributed by atoms with Gasteiger partial charge in [0.25, 0.3) is 0 Å². The Morgan fingerprint density at radius 1 is 1.22 bits per heavy atom. The van der Waals surface area contributed by atoms with Gasteiger partial charge in [-0.3, -0.25) is 4.79 Å². The quantitative estimate of drug-likeness (QED) is 0.380. The molecule has 1 aromatic rings. The molecule has 1 N–H and O–H groups in total. The molecule has 1 heterocycles. The zero-order chi connectivity index (χ0) is 18.9. The molecule has 0 aromatic heterocycles. The number of carbonyl (C=O) groups excluding carboxylic acids is 1. The first kappa shape index (κ1) is 23.7. The highest BCUT2D eigenvalue weighted by molar-refractivity contribution is 14.0. The fourth-order valence-electron chi connectivity index (χ4n) is 2.81. The first-order valence-electron chi connectivity index (χ1n) is 9.32. The van der Waals surface area contributed by atoms with Gasteiger partial charge in [0, 0.05) is 40.8 Å². The molecular formula is C20H33IN4O2. The number of nitrogens with one attached hydrogen (secondary N) is 1. The molecule has 0 bridgehead atoms. The first-order chi connectivity index (χ1) is 12.5. The van der Waals surface area contributed by atoms with Crippen LogP contribution in [0.25, 0.3) is 0 Å². The Morgan fingerprint density at radius 2 is 1.93 bits per heavy atom. The van der Waals surface area contributed by atoms with Gasteiger partial charge in [-0.25, -0.2) is 4.99 Å². The van der Waals surface area contributed by atoms with Gasteiger partial charge in [0.15, 0.2) is 5.96 Å². The number of rotatable bonds is 6. The van der Waals surface area contributed by atoms with Crippen LogP contribution < -0.4 is 5.32 Å². The summed E-state index contributed by atoms with van der Waals surface area (Å²) in [5, 5.41) is 3.40. The van der Waals surface area contributed by atoms with Crippen molar-refractivity contribution in [2.75, 3.05) is 40.8 Å². The minimum Gasteiger partial charge on any atom is -0.376 e. The highest BCUT2D eigenvalue weighted by Gasteiger charge is 2.16. The van der Waals surface area contributed by atoms with Crippen LogP contribution in [0.5, 0.6) is 0 Å². The number of halogens is 1. The van der Waals surface area contributed by atoms with Crippen LogP contribution >= 0.6 is 24.0 Å². The molecule has 1 aromatic carbocycles. The molecular weight excluding hydrogens is 455 g/mol. The molecule has 0 aliphatic carbocycles. The summed E-state index contributed by atoms with van der Waals surface area (Å²) in [6, 6.07) is 8.47. The molecule has 1 saturated heterocycles. The van der Waals surface area contributed by atoms with E-state index < -0.39 is 0 Å². The SMILES string of the molecule is Cc1ccc(CN(C)C(=NCC(=O)N(C)C)NCC2CCCCO2)cc1.I. The molecule has 2 rings (SSSR count). The van der Waals surface area contributed by atoms with Crippen LogP contribution in [0.15, 0.2) is 29.3 Å². The van der Waals surface area contributed by atoms with Gasteiger partial charge in [0.1, 0.15) is 6.54 Å².